The van der Waals surface area contributed by atoms with E-state index in [4.69, 9.17) is 11.6 Å². The quantitative estimate of drug-likeness (QED) is 0.841. The first-order valence-corrected chi connectivity index (χ1v) is 5.68. The predicted molar refractivity (Wildman–Crippen MR) is 66.5 cm³/mol. The summed E-state index contributed by atoms with van der Waals surface area (Å²) in [5.74, 6) is 0.00150. The number of aryl methyl sites for hydroxylation is 1. The van der Waals surface area contributed by atoms with E-state index in [2.05, 4.69) is 15.3 Å². The average molecular weight is 288 g/mol. The lowest BCUT2D eigenvalue weighted by Crippen LogP contribution is -2.10. The maximum Gasteiger partial charge on any atom is 0.433 e. The number of nitrogens with one attached hydrogen (secondary N) is 1. The third-order valence-electron chi connectivity index (χ3n) is 2.40. The van der Waals surface area contributed by atoms with Crippen LogP contribution in [0.15, 0.2) is 30.3 Å². The maximum atomic E-state index is 12.6. The summed E-state index contributed by atoms with van der Waals surface area (Å²) < 4.78 is 37.8. The molecule has 0 atom stereocenters. The normalized spacial score (nSPS) is 11.4. The molecule has 1 N–H and O–H groups in total. The van der Waals surface area contributed by atoms with Gasteiger partial charge in [-0.3, -0.25) is 0 Å². The van der Waals surface area contributed by atoms with Crippen LogP contribution in [0.1, 0.15) is 11.3 Å². The molecule has 1 aromatic heterocycles. The third kappa shape index (κ3) is 3.35. The first-order chi connectivity index (χ1) is 8.86. The topological polar surface area (TPSA) is 37.8 Å². The van der Waals surface area contributed by atoms with Gasteiger partial charge < -0.3 is 5.32 Å². The third-order valence-corrected chi connectivity index (χ3v) is 2.57. The van der Waals surface area contributed by atoms with Crippen molar-refractivity contribution in [3.8, 4) is 0 Å². The second-order valence-corrected chi connectivity index (χ2v) is 4.18. The Morgan fingerprint density at radius 1 is 1.16 bits per heavy atom. The molecule has 0 fully saturated rings. The van der Waals surface area contributed by atoms with Gasteiger partial charge in [0.25, 0.3) is 0 Å². The molecule has 3 nitrogen and oxygen atoms in total. The van der Waals surface area contributed by atoms with Gasteiger partial charge in [0.05, 0.1) is 0 Å². The van der Waals surface area contributed by atoms with Crippen molar-refractivity contribution in [3.05, 3.63) is 46.9 Å². The van der Waals surface area contributed by atoms with Gasteiger partial charge in [-0.2, -0.15) is 13.2 Å². The Hall–Kier alpha value is -1.82. The van der Waals surface area contributed by atoms with Crippen molar-refractivity contribution >= 4 is 23.1 Å². The molecule has 0 amide bonds. The zero-order chi connectivity index (χ0) is 14.0. The molecule has 2 aromatic rings. The molecular weight excluding hydrogens is 279 g/mol. The van der Waals surface area contributed by atoms with Crippen molar-refractivity contribution in [1.82, 2.24) is 9.97 Å². The van der Waals surface area contributed by atoms with Gasteiger partial charge in [-0.05, 0) is 30.2 Å². The molecule has 19 heavy (non-hydrogen) atoms. The molecule has 7 heteroatoms. The van der Waals surface area contributed by atoms with E-state index in [1.807, 2.05) is 19.1 Å². The van der Waals surface area contributed by atoms with Crippen LogP contribution in [0.2, 0.25) is 5.28 Å². The number of anilines is 2. The van der Waals surface area contributed by atoms with E-state index in [9.17, 15) is 13.2 Å². The van der Waals surface area contributed by atoms with Crippen LogP contribution in [0.3, 0.4) is 0 Å². The largest absolute Gasteiger partial charge is 0.433 e. The molecule has 0 aliphatic carbocycles. The second kappa shape index (κ2) is 5.05. The van der Waals surface area contributed by atoms with Gasteiger partial charge in [-0.15, -0.1) is 0 Å². The van der Waals surface area contributed by atoms with E-state index in [-0.39, 0.29) is 5.82 Å². The summed E-state index contributed by atoms with van der Waals surface area (Å²) >= 11 is 5.50. The van der Waals surface area contributed by atoms with Crippen LogP contribution in [-0.2, 0) is 6.18 Å². The average Bonchev–Trinajstić information content (AvgIpc) is 2.30. The fourth-order valence-corrected chi connectivity index (χ4v) is 1.66. The lowest BCUT2D eigenvalue weighted by molar-refractivity contribution is -0.141. The fourth-order valence-electron chi connectivity index (χ4n) is 1.48. The van der Waals surface area contributed by atoms with Gasteiger partial charge >= 0.3 is 6.18 Å². The summed E-state index contributed by atoms with van der Waals surface area (Å²) in [4.78, 5) is 6.89. The van der Waals surface area contributed by atoms with Crippen LogP contribution >= 0.6 is 11.6 Å². The van der Waals surface area contributed by atoms with E-state index in [1.54, 1.807) is 12.1 Å². The van der Waals surface area contributed by atoms with Crippen molar-refractivity contribution in [2.75, 3.05) is 5.32 Å². The monoisotopic (exact) mass is 287 g/mol. The predicted octanol–water partition coefficient (Wildman–Crippen LogP) is 4.20. The molecular formula is C12H9ClF3N3. The van der Waals surface area contributed by atoms with Crippen molar-refractivity contribution in [1.29, 1.82) is 0 Å². The minimum atomic E-state index is -4.56. The first-order valence-electron chi connectivity index (χ1n) is 5.31. The fraction of sp³-hybridized carbons (Fsp3) is 0.167. The van der Waals surface area contributed by atoms with E-state index in [0.717, 1.165) is 11.6 Å². The second-order valence-electron chi connectivity index (χ2n) is 3.85. The molecule has 0 aliphatic heterocycles. The van der Waals surface area contributed by atoms with Gasteiger partial charge in [0.2, 0.25) is 5.28 Å². The molecule has 1 aromatic carbocycles. The number of halogens is 4. The molecule has 0 spiro atoms. The van der Waals surface area contributed by atoms with E-state index in [1.165, 1.54) is 0 Å². The van der Waals surface area contributed by atoms with E-state index in [0.29, 0.717) is 5.69 Å². The molecule has 0 saturated carbocycles. The minimum Gasteiger partial charge on any atom is -0.340 e. The molecule has 2 rings (SSSR count). The number of alkyl halides is 3. The van der Waals surface area contributed by atoms with E-state index >= 15 is 0 Å². The highest BCUT2D eigenvalue weighted by Gasteiger charge is 2.33. The maximum absolute atomic E-state index is 12.6. The Balaban J connectivity index is 2.36. The highest BCUT2D eigenvalue weighted by Crippen LogP contribution is 2.30. The van der Waals surface area contributed by atoms with Gasteiger partial charge in [-0.25, -0.2) is 9.97 Å². The lowest BCUT2D eigenvalue weighted by Gasteiger charge is -2.11. The summed E-state index contributed by atoms with van der Waals surface area (Å²) in [7, 11) is 0. The summed E-state index contributed by atoms with van der Waals surface area (Å²) in [6.07, 6.45) is -4.56. The number of rotatable bonds is 2. The van der Waals surface area contributed by atoms with Gasteiger partial charge in [0, 0.05) is 11.8 Å². The minimum absolute atomic E-state index is 0.00150. The van der Waals surface area contributed by atoms with Crippen LogP contribution in [0.4, 0.5) is 24.7 Å². The summed E-state index contributed by atoms with van der Waals surface area (Å²) in [6, 6.07) is 7.98. The zero-order valence-electron chi connectivity index (χ0n) is 9.79. The van der Waals surface area contributed by atoms with E-state index < -0.39 is 17.2 Å². The van der Waals surface area contributed by atoms with Gasteiger partial charge in [0.1, 0.15) is 5.82 Å². The first kappa shape index (κ1) is 13.6. The van der Waals surface area contributed by atoms with Crippen molar-refractivity contribution in [2.24, 2.45) is 0 Å². The highest BCUT2D eigenvalue weighted by atomic mass is 35.5. The van der Waals surface area contributed by atoms with Crippen LogP contribution in [0.5, 0.6) is 0 Å². The van der Waals surface area contributed by atoms with Gasteiger partial charge in [-0.1, -0.05) is 18.2 Å². The SMILES string of the molecule is Cc1ccccc1Nc1cc(C(F)(F)F)nc(Cl)n1. The van der Waals surface area contributed by atoms with Crippen LogP contribution < -0.4 is 5.32 Å². The van der Waals surface area contributed by atoms with Crippen LogP contribution in [0.25, 0.3) is 0 Å². The van der Waals surface area contributed by atoms with Crippen molar-refractivity contribution < 1.29 is 13.2 Å². The Labute approximate surface area is 112 Å². The smallest absolute Gasteiger partial charge is 0.340 e. The highest BCUT2D eigenvalue weighted by molar-refractivity contribution is 6.28. The molecule has 0 radical (unpaired) electrons. The zero-order valence-corrected chi connectivity index (χ0v) is 10.5. The van der Waals surface area contributed by atoms with Gasteiger partial charge in [0.15, 0.2) is 5.69 Å². The Bertz CT molecular complexity index is 599. The summed E-state index contributed by atoms with van der Waals surface area (Å²) in [5, 5.41) is 2.34. The number of aromatic nitrogens is 2. The Kier molecular flexibility index (Phi) is 3.61. The van der Waals surface area contributed by atoms with Crippen LogP contribution in [0, 0.1) is 6.92 Å². The van der Waals surface area contributed by atoms with Crippen LogP contribution in [-0.4, -0.2) is 9.97 Å². The van der Waals surface area contributed by atoms with Crippen molar-refractivity contribution in [2.45, 2.75) is 13.1 Å². The van der Waals surface area contributed by atoms with Crippen molar-refractivity contribution in [3.63, 3.8) is 0 Å². The molecule has 0 aliphatic rings. The molecule has 1 heterocycles. The summed E-state index contributed by atoms with van der Waals surface area (Å²) in [6.45, 7) is 1.83. The molecule has 0 saturated heterocycles. The molecule has 0 bridgehead atoms. The number of hydrogen-bond donors (Lipinski definition) is 1. The molecule has 100 valence electrons. The number of benzene rings is 1. The standard InChI is InChI=1S/C12H9ClF3N3/c1-7-4-2-3-5-8(7)17-10-6-9(12(14,15)16)18-11(13)19-10/h2-6H,1H3,(H,17,18,19). The number of para-hydroxylation sites is 1. The molecule has 0 unspecified atom stereocenters. The number of nitrogens with zero attached hydrogens (tertiary/aromatic N) is 2. The Morgan fingerprint density at radius 2 is 1.84 bits per heavy atom. The lowest BCUT2D eigenvalue weighted by atomic mass is 10.2. The summed E-state index contributed by atoms with van der Waals surface area (Å²) in [5.41, 5.74) is 0.458. The number of hydrogen-bond acceptors (Lipinski definition) is 3. The Morgan fingerprint density at radius 3 is 2.47 bits per heavy atom.